The lowest BCUT2D eigenvalue weighted by atomic mass is 9.76. The Labute approximate surface area is 70.8 Å². The van der Waals surface area contributed by atoms with Crippen LogP contribution in [0.3, 0.4) is 0 Å². The van der Waals surface area contributed by atoms with E-state index in [0.717, 1.165) is 12.8 Å². The first-order chi connectivity index (χ1) is 4.92. The summed E-state index contributed by atoms with van der Waals surface area (Å²) in [5, 5.41) is 9.52. The molecule has 0 aromatic carbocycles. The van der Waals surface area contributed by atoms with Crippen LogP contribution in [0.1, 0.15) is 47.5 Å². The molecule has 0 amide bonds. The molecular weight excluding hydrogens is 136 g/mol. The Morgan fingerprint density at radius 1 is 1.27 bits per heavy atom. The summed E-state index contributed by atoms with van der Waals surface area (Å²) in [7, 11) is 0. The fraction of sp³-hybridized carbons (Fsp3) is 1.00. The molecule has 68 valence electrons. The molecule has 2 unspecified atom stereocenters. The van der Waals surface area contributed by atoms with Crippen LogP contribution in [0, 0.1) is 11.3 Å². The van der Waals surface area contributed by atoms with Crippen molar-refractivity contribution >= 4 is 0 Å². The third-order valence-corrected chi connectivity index (χ3v) is 2.69. The van der Waals surface area contributed by atoms with Gasteiger partial charge in [0.2, 0.25) is 0 Å². The summed E-state index contributed by atoms with van der Waals surface area (Å²) in [6.45, 7) is 10.6. The van der Waals surface area contributed by atoms with Crippen LogP contribution in [0.5, 0.6) is 0 Å². The zero-order chi connectivity index (χ0) is 9.07. The number of hydrogen-bond acceptors (Lipinski definition) is 1. The minimum Gasteiger partial charge on any atom is -0.393 e. The zero-order valence-electron chi connectivity index (χ0n) is 8.52. The van der Waals surface area contributed by atoms with Gasteiger partial charge in [0, 0.05) is 0 Å². The molecule has 0 fully saturated rings. The van der Waals surface area contributed by atoms with Gasteiger partial charge in [-0.2, -0.15) is 0 Å². The molecule has 0 heterocycles. The molecule has 0 saturated carbocycles. The minimum absolute atomic E-state index is 0.119. The molecule has 1 N–H and O–H groups in total. The summed E-state index contributed by atoms with van der Waals surface area (Å²) < 4.78 is 0. The molecule has 11 heavy (non-hydrogen) atoms. The van der Waals surface area contributed by atoms with E-state index in [1.165, 1.54) is 0 Å². The second-order valence-electron chi connectivity index (χ2n) is 4.28. The Kier molecular flexibility index (Phi) is 4.09. The van der Waals surface area contributed by atoms with Crippen LogP contribution in [-0.2, 0) is 0 Å². The molecule has 0 saturated heterocycles. The van der Waals surface area contributed by atoms with Crippen molar-refractivity contribution < 1.29 is 5.11 Å². The van der Waals surface area contributed by atoms with Gasteiger partial charge in [-0.3, -0.25) is 0 Å². The minimum atomic E-state index is -0.185. The Morgan fingerprint density at radius 3 is 1.82 bits per heavy atom. The standard InChI is InChI=1S/C10H22O/c1-6-10(5,9(4)11)7-8(2)3/h8-9,11H,6-7H2,1-5H3. The Bertz CT molecular complexity index is 107. The van der Waals surface area contributed by atoms with Gasteiger partial charge in [-0.05, 0) is 31.1 Å². The van der Waals surface area contributed by atoms with Crippen LogP contribution in [0.15, 0.2) is 0 Å². The highest BCUT2D eigenvalue weighted by Crippen LogP contribution is 2.33. The maximum atomic E-state index is 9.52. The molecule has 0 spiro atoms. The fourth-order valence-corrected chi connectivity index (χ4v) is 1.54. The quantitative estimate of drug-likeness (QED) is 0.667. The smallest absolute Gasteiger partial charge is 0.0565 e. The van der Waals surface area contributed by atoms with Gasteiger partial charge in [0.25, 0.3) is 0 Å². The molecule has 0 aliphatic rings. The van der Waals surface area contributed by atoms with Crippen LogP contribution >= 0.6 is 0 Å². The van der Waals surface area contributed by atoms with Crippen LogP contribution < -0.4 is 0 Å². The Balaban J connectivity index is 4.10. The average Bonchev–Trinajstić information content (AvgIpc) is 1.86. The molecule has 0 aromatic heterocycles. The predicted octanol–water partition coefficient (Wildman–Crippen LogP) is 2.83. The van der Waals surface area contributed by atoms with Crippen molar-refractivity contribution in [3.05, 3.63) is 0 Å². The van der Waals surface area contributed by atoms with Gasteiger partial charge < -0.3 is 5.11 Å². The van der Waals surface area contributed by atoms with Crippen molar-refractivity contribution in [2.75, 3.05) is 0 Å². The maximum absolute atomic E-state index is 9.52. The zero-order valence-corrected chi connectivity index (χ0v) is 8.52. The van der Waals surface area contributed by atoms with Gasteiger partial charge in [-0.1, -0.05) is 27.7 Å². The van der Waals surface area contributed by atoms with Gasteiger partial charge in [0.05, 0.1) is 6.10 Å². The monoisotopic (exact) mass is 158 g/mol. The normalized spacial score (nSPS) is 19.9. The lowest BCUT2D eigenvalue weighted by Gasteiger charge is -2.33. The molecule has 1 heteroatoms. The van der Waals surface area contributed by atoms with Crippen LogP contribution in [-0.4, -0.2) is 11.2 Å². The molecule has 1 nitrogen and oxygen atoms in total. The highest BCUT2D eigenvalue weighted by Gasteiger charge is 2.28. The summed E-state index contributed by atoms with van der Waals surface area (Å²) in [5.74, 6) is 0.676. The summed E-state index contributed by atoms with van der Waals surface area (Å²) in [6.07, 6.45) is 1.99. The first kappa shape index (κ1) is 11.0. The van der Waals surface area contributed by atoms with E-state index in [-0.39, 0.29) is 11.5 Å². The van der Waals surface area contributed by atoms with Crippen molar-refractivity contribution in [3.8, 4) is 0 Å². The molecule has 0 aliphatic carbocycles. The molecule has 2 atom stereocenters. The van der Waals surface area contributed by atoms with Gasteiger partial charge in [-0.15, -0.1) is 0 Å². The van der Waals surface area contributed by atoms with E-state index >= 15 is 0 Å². The highest BCUT2D eigenvalue weighted by molar-refractivity contribution is 4.78. The summed E-state index contributed by atoms with van der Waals surface area (Å²) in [4.78, 5) is 0. The first-order valence-electron chi connectivity index (χ1n) is 4.60. The topological polar surface area (TPSA) is 20.2 Å². The lowest BCUT2D eigenvalue weighted by molar-refractivity contribution is 0.0330. The van der Waals surface area contributed by atoms with E-state index < -0.39 is 0 Å². The highest BCUT2D eigenvalue weighted by atomic mass is 16.3. The van der Waals surface area contributed by atoms with Crippen LogP contribution in [0.4, 0.5) is 0 Å². The van der Waals surface area contributed by atoms with E-state index in [9.17, 15) is 5.11 Å². The lowest BCUT2D eigenvalue weighted by Crippen LogP contribution is -2.30. The van der Waals surface area contributed by atoms with Crippen molar-refractivity contribution in [1.82, 2.24) is 0 Å². The average molecular weight is 158 g/mol. The summed E-state index contributed by atoms with van der Waals surface area (Å²) in [6, 6.07) is 0. The largest absolute Gasteiger partial charge is 0.393 e. The summed E-state index contributed by atoms with van der Waals surface area (Å²) in [5.41, 5.74) is 0.119. The molecular formula is C10H22O. The first-order valence-corrected chi connectivity index (χ1v) is 4.60. The van der Waals surface area contributed by atoms with Crippen molar-refractivity contribution in [3.63, 3.8) is 0 Å². The van der Waals surface area contributed by atoms with Crippen LogP contribution in [0.2, 0.25) is 0 Å². The summed E-state index contributed by atoms with van der Waals surface area (Å²) >= 11 is 0. The Hall–Kier alpha value is -0.0400. The van der Waals surface area contributed by atoms with Gasteiger partial charge >= 0.3 is 0 Å². The SMILES string of the molecule is CCC(C)(CC(C)C)C(C)O. The predicted molar refractivity (Wildman–Crippen MR) is 49.5 cm³/mol. The van der Waals surface area contributed by atoms with Gasteiger partial charge in [-0.25, -0.2) is 0 Å². The number of aliphatic hydroxyl groups excluding tert-OH is 1. The van der Waals surface area contributed by atoms with Gasteiger partial charge in [0.1, 0.15) is 0 Å². The van der Waals surface area contributed by atoms with Crippen molar-refractivity contribution in [2.45, 2.75) is 53.6 Å². The van der Waals surface area contributed by atoms with E-state index in [1.54, 1.807) is 0 Å². The van der Waals surface area contributed by atoms with E-state index in [2.05, 4.69) is 27.7 Å². The molecule has 0 aliphatic heterocycles. The van der Waals surface area contributed by atoms with Crippen molar-refractivity contribution in [2.24, 2.45) is 11.3 Å². The van der Waals surface area contributed by atoms with E-state index in [1.807, 2.05) is 6.92 Å². The fourth-order valence-electron chi connectivity index (χ4n) is 1.54. The second-order valence-corrected chi connectivity index (χ2v) is 4.28. The molecule has 0 radical (unpaired) electrons. The second kappa shape index (κ2) is 4.10. The van der Waals surface area contributed by atoms with E-state index in [0.29, 0.717) is 5.92 Å². The van der Waals surface area contributed by atoms with E-state index in [4.69, 9.17) is 0 Å². The molecule has 0 rings (SSSR count). The third kappa shape index (κ3) is 3.24. The van der Waals surface area contributed by atoms with Gasteiger partial charge in [0.15, 0.2) is 0 Å². The number of rotatable bonds is 4. The number of hydrogen-bond donors (Lipinski definition) is 1. The van der Waals surface area contributed by atoms with Crippen molar-refractivity contribution in [1.29, 1.82) is 0 Å². The molecule has 0 aromatic rings. The van der Waals surface area contributed by atoms with Crippen LogP contribution in [0.25, 0.3) is 0 Å². The molecule has 0 bridgehead atoms. The number of aliphatic hydroxyl groups is 1. The third-order valence-electron chi connectivity index (χ3n) is 2.69. The Morgan fingerprint density at radius 2 is 1.73 bits per heavy atom. The maximum Gasteiger partial charge on any atom is 0.0565 e.